The lowest BCUT2D eigenvalue weighted by molar-refractivity contribution is 0.516. The van der Waals surface area contributed by atoms with Crippen LogP contribution in [0.3, 0.4) is 0 Å². The predicted octanol–water partition coefficient (Wildman–Crippen LogP) is 5.89. The van der Waals surface area contributed by atoms with Gasteiger partial charge < -0.3 is 9.13 Å². The molecule has 2 aromatic carbocycles. The van der Waals surface area contributed by atoms with Gasteiger partial charge in [-0.15, -0.1) is 0 Å². The molecule has 28 heavy (non-hydrogen) atoms. The van der Waals surface area contributed by atoms with Gasteiger partial charge in [-0.05, 0) is 36.2 Å². The minimum Gasteiger partial charge on any atom is -0.343 e. The molecule has 0 saturated carbocycles. The van der Waals surface area contributed by atoms with Gasteiger partial charge in [-0.1, -0.05) is 18.2 Å². The second-order valence-corrected chi connectivity index (χ2v) is 6.80. The van der Waals surface area contributed by atoms with Gasteiger partial charge in [0.1, 0.15) is 0 Å². The van der Waals surface area contributed by atoms with E-state index in [1.54, 1.807) is 24.5 Å². The second-order valence-electron chi connectivity index (χ2n) is 6.80. The molecule has 0 atom stereocenters. The van der Waals surface area contributed by atoms with Gasteiger partial charge in [0.2, 0.25) is 0 Å². The fourth-order valence-corrected chi connectivity index (χ4v) is 3.89. The third-order valence-corrected chi connectivity index (χ3v) is 5.13. The fraction of sp³-hybridized carbons (Fsp3) is 0.0909. The van der Waals surface area contributed by atoms with Gasteiger partial charge in [-0.25, -0.2) is 17.6 Å². The summed E-state index contributed by atoms with van der Waals surface area (Å²) in [5, 5.41) is 0.730. The first-order valence-corrected chi connectivity index (χ1v) is 8.82. The van der Waals surface area contributed by atoms with E-state index < -0.39 is 23.3 Å². The molecule has 2 aliphatic rings. The molecular formula is C22H14F4N2. The Kier molecular flexibility index (Phi) is 3.69. The standard InChI is InChI=1S/2C11H7F2N/c2*12-9-6-7-2-1-4-14-5-3-8(10(9)13)11(7)14/h1,3-6H,2H2;1-3,5-6H,4H2. The Morgan fingerprint density at radius 2 is 1.50 bits per heavy atom. The van der Waals surface area contributed by atoms with Crippen molar-refractivity contribution >= 4 is 34.1 Å². The van der Waals surface area contributed by atoms with Gasteiger partial charge in [0.05, 0.1) is 11.0 Å². The molecule has 2 aromatic heterocycles. The minimum atomic E-state index is -0.781. The van der Waals surface area contributed by atoms with Gasteiger partial charge >= 0.3 is 0 Å². The van der Waals surface area contributed by atoms with E-state index in [1.165, 1.54) is 12.1 Å². The van der Waals surface area contributed by atoms with Crippen LogP contribution in [-0.4, -0.2) is 9.13 Å². The third kappa shape index (κ3) is 2.41. The largest absolute Gasteiger partial charge is 0.343 e. The molecule has 4 aromatic rings. The maximum Gasteiger partial charge on any atom is 0.168 e. The van der Waals surface area contributed by atoms with Crippen LogP contribution in [0.1, 0.15) is 11.1 Å². The quantitative estimate of drug-likeness (QED) is 0.336. The summed E-state index contributed by atoms with van der Waals surface area (Å²) in [5.74, 6) is -3.05. The van der Waals surface area contributed by atoms with E-state index in [0.717, 1.165) is 28.7 Å². The summed E-state index contributed by atoms with van der Waals surface area (Å²) in [6.07, 6.45) is 11.7. The number of halogens is 4. The zero-order chi connectivity index (χ0) is 19.4. The van der Waals surface area contributed by atoms with E-state index in [0.29, 0.717) is 17.2 Å². The van der Waals surface area contributed by atoms with Crippen molar-refractivity contribution in [3.63, 3.8) is 0 Å². The molecular weight excluding hydrogens is 368 g/mol. The number of aromatic nitrogens is 2. The predicted molar refractivity (Wildman–Crippen MR) is 102 cm³/mol. The molecule has 0 amide bonds. The summed E-state index contributed by atoms with van der Waals surface area (Å²) in [6, 6.07) is 5.73. The van der Waals surface area contributed by atoms with E-state index in [2.05, 4.69) is 0 Å². The van der Waals surface area contributed by atoms with Crippen LogP contribution in [-0.2, 0) is 13.0 Å². The molecule has 0 unspecified atom stereocenters. The summed E-state index contributed by atoms with van der Waals surface area (Å²) in [6.45, 7) is 0.724. The topological polar surface area (TPSA) is 9.86 Å². The number of nitrogens with zero attached hydrogens (tertiary/aromatic N) is 2. The SMILES string of the molecule is Fc1cc2c3c(ccn3C=CC2)c1F.Fc1cc2c3c(ccn3CC=C2)c1F. The molecule has 0 saturated heterocycles. The third-order valence-electron chi connectivity index (χ3n) is 5.13. The van der Waals surface area contributed by atoms with E-state index >= 15 is 0 Å². The van der Waals surface area contributed by atoms with E-state index in [-0.39, 0.29) is 0 Å². The summed E-state index contributed by atoms with van der Waals surface area (Å²) >= 11 is 0. The number of benzene rings is 2. The van der Waals surface area contributed by atoms with Crippen molar-refractivity contribution in [2.24, 2.45) is 0 Å². The molecule has 6 rings (SSSR count). The highest BCUT2D eigenvalue weighted by Crippen LogP contribution is 2.29. The van der Waals surface area contributed by atoms with Gasteiger partial charge in [-0.2, -0.15) is 0 Å². The Hall–Kier alpha value is -3.28. The number of hydrogen-bond acceptors (Lipinski definition) is 0. The summed E-state index contributed by atoms with van der Waals surface area (Å²) in [5.41, 5.74) is 3.15. The highest BCUT2D eigenvalue weighted by molar-refractivity contribution is 5.90. The summed E-state index contributed by atoms with van der Waals surface area (Å²) < 4.78 is 56.6. The molecule has 2 nitrogen and oxygen atoms in total. The van der Waals surface area contributed by atoms with E-state index in [4.69, 9.17) is 0 Å². The van der Waals surface area contributed by atoms with Crippen LogP contribution < -0.4 is 0 Å². The van der Waals surface area contributed by atoms with Crippen LogP contribution >= 0.6 is 0 Å². The average molecular weight is 382 g/mol. The Bertz CT molecular complexity index is 1300. The first kappa shape index (κ1) is 16.9. The van der Waals surface area contributed by atoms with Crippen LogP contribution in [0.25, 0.3) is 34.1 Å². The van der Waals surface area contributed by atoms with Crippen LogP contribution in [0.15, 0.2) is 48.8 Å². The van der Waals surface area contributed by atoms with Gasteiger partial charge in [0.15, 0.2) is 23.3 Å². The fourth-order valence-electron chi connectivity index (χ4n) is 3.89. The van der Waals surface area contributed by atoms with Crippen molar-refractivity contribution in [2.75, 3.05) is 0 Å². The molecule has 4 heterocycles. The van der Waals surface area contributed by atoms with Crippen molar-refractivity contribution in [3.8, 4) is 0 Å². The lowest BCUT2D eigenvalue weighted by Crippen LogP contribution is -2.00. The molecule has 2 aliphatic heterocycles. The Labute approximate surface area is 157 Å². The molecule has 0 aliphatic carbocycles. The number of allylic oxidation sites excluding steroid dienone is 2. The first-order chi connectivity index (χ1) is 13.5. The molecule has 0 spiro atoms. The molecule has 6 heteroatoms. The Morgan fingerprint density at radius 1 is 0.786 bits per heavy atom. The van der Waals surface area contributed by atoms with E-state index in [1.807, 2.05) is 33.6 Å². The van der Waals surface area contributed by atoms with Crippen molar-refractivity contribution in [3.05, 3.63) is 83.2 Å². The van der Waals surface area contributed by atoms with Crippen LogP contribution in [0.2, 0.25) is 0 Å². The van der Waals surface area contributed by atoms with Crippen LogP contribution in [0.4, 0.5) is 17.6 Å². The van der Waals surface area contributed by atoms with Crippen LogP contribution in [0, 0.1) is 23.3 Å². The monoisotopic (exact) mass is 382 g/mol. The molecule has 0 bridgehead atoms. The van der Waals surface area contributed by atoms with Gasteiger partial charge in [0.25, 0.3) is 0 Å². The van der Waals surface area contributed by atoms with Gasteiger partial charge in [0, 0.05) is 41.5 Å². The average Bonchev–Trinajstić information content (AvgIpc) is 3.31. The van der Waals surface area contributed by atoms with Crippen molar-refractivity contribution in [1.29, 1.82) is 0 Å². The maximum absolute atomic E-state index is 13.3. The molecule has 0 N–H and O–H groups in total. The Morgan fingerprint density at radius 3 is 2.32 bits per heavy atom. The van der Waals surface area contributed by atoms with Crippen molar-refractivity contribution in [2.45, 2.75) is 13.0 Å². The minimum absolute atomic E-state index is 0.365. The van der Waals surface area contributed by atoms with Crippen molar-refractivity contribution in [1.82, 2.24) is 9.13 Å². The second kappa shape index (κ2) is 6.12. The highest BCUT2D eigenvalue weighted by atomic mass is 19.2. The number of hydrogen-bond donors (Lipinski definition) is 0. The Balaban J connectivity index is 0.000000122. The van der Waals surface area contributed by atoms with Crippen molar-refractivity contribution < 1.29 is 17.6 Å². The first-order valence-electron chi connectivity index (χ1n) is 8.82. The van der Waals surface area contributed by atoms with E-state index in [9.17, 15) is 17.6 Å². The molecule has 0 radical (unpaired) electrons. The number of rotatable bonds is 0. The smallest absolute Gasteiger partial charge is 0.168 e. The normalized spacial score (nSPS) is 13.9. The highest BCUT2D eigenvalue weighted by Gasteiger charge is 2.16. The summed E-state index contributed by atoms with van der Waals surface area (Å²) in [7, 11) is 0. The lowest BCUT2D eigenvalue weighted by atomic mass is 10.1. The molecule has 140 valence electrons. The molecule has 0 fully saturated rings. The zero-order valence-corrected chi connectivity index (χ0v) is 14.6. The van der Waals surface area contributed by atoms with Crippen LogP contribution in [0.5, 0.6) is 0 Å². The van der Waals surface area contributed by atoms with Gasteiger partial charge in [-0.3, -0.25) is 0 Å². The summed E-state index contributed by atoms with van der Waals surface area (Å²) in [4.78, 5) is 0. The zero-order valence-electron chi connectivity index (χ0n) is 14.6. The maximum atomic E-state index is 13.3. The lowest BCUT2D eigenvalue weighted by Gasteiger charge is -2.10.